The summed E-state index contributed by atoms with van der Waals surface area (Å²) in [7, 11) is -3.25. The molecule has 0 aliphatic rings. The van der Waals surface area contributed by atoms with Gasteiger partial charge in [0.15, 0.2) is 15.0 Å². The third-order valence-corrected chi connectivity index (χ3v) is 7.86. The molecule has 3 aromatic rings. The minimum Gasteiger partial charge on any atom is -0.465 e. The van der Waals surface area contributed by atoms with E-state index in [4.69, 9.17) is 15.0 Å². The SMILES string of the molecule is CCS(=O)(=O)c1ccc(Cc2sc(NC(C)=O)nc2CCc2ccc(NC=NC(=O)O)cc2)cc1.NC(=O)O. The lowest BCUT2D eigenvalue weighted by Gasteiger charge is -2.06. The first-order valence-electron chi connectivity index (χ1n) is 11.6. The zero-order valence-electron chi connectivity index (χ0n) is 21.2. The lowest BCUT2D eigenvalue weighted by molar-refractivity contribution is -0.114. The van der Waals surface area contributed by atoms with Crippen LogP contribution in [0, 0.1) is 0 Å². The van der Waals surface area contributed by atoms with Gasteiger partial charge in [0.1, 0.15) is 0 Å². The summed E-state index contributed by atoms with van der Waals surface area (Å²) in [6.45, 7) is 3.05. The molecule has 2 aromatic carbocycles. The molecule has 3 amide bonds. The largest absolute Gasteiger partial charge is 0.465 e. The topological polar surface area (TPSA) is 201 Å². The lowest BCUT2D eigenvalue weighted by atomic mass is 10.0. The number of hydrogen-bond donors (Lipinski definition) is 5. The summed E-state index contributed by atoms with van der Waals surface area (Å²) in [6, 6.07) is 14.4. The van der Waals surface area contributed by atoms with Gasteiger partial charge in [0.2, 0.25) is 5.91 Å². The van der Waals surface area contributed by atoms with E-state index >= 15 is 0 Å². The first-order valence-corrected chi connectivity index (χ1v) is 14.0. The predicted octanol–water partition coefficient (Wildman–Crippen LogP) is 4.01. The van der Waals surface area contributed by atoms with Crippen LogP contribution in [-0.2, 0) is 33.9 Å². The van der Waals surface area contributed by atoms with Gasteiger partial charge in [-0.3, -0.25) is 4.79 Å². The first kappa shape index (κ1) is 30.9. The number of hydrogen-bond acceptors (Lipinski definition) is 7. The van der Waals surface area contributed by atoms with Crippen molar-refractivity contribution in [1.29, 1.82) is 0 Å². The number of thiazole rings is 1. The van der Waals surface area contributed by atoms with E-state index in [9.17, 15) is 18.0 Å². The summed E-state index contributed by atoms with van der Waals surface area (Å²) < 4.78 is 24.1. The molecule has 0 saturated heterocycles. The molecule has 6 N–H and O–H groups in total. The maximum Gasteiger partial charge on any atom is 0.432 e. The Morgan fingerprint density at radius 3 is 2.15 bits per heavy atom. The fourth-order valence-electron chi connectivity index (χ4n) is 3.28. The molecule has 0 atom stereocenters. The predicted molar refractivity (Wildman–Crippen MR) is 150 cm³/mol. The smallest absolute Gasteiger partial charge is 0.432 e. The second-order valence-electron chi connectivity index (χ2n) is 8.01. The summed E-state index contributed by atoms with van der Waals surface area (Å²) >= 11 is 1.41. The van der Waals surface area contributed by atoms with Gasteiger partial charge in [0, 0.05) is 23.9 Å². The average molecular weight is 576 g/mol. The van der Waals surface area contributed by atoms with E-state index in [2.05, 4.69) is 26.3 Å². The molecule has 1 aromatic heterocycles. The zero-order chi connectivity index (χ0) is 29.0. The van der Waals surface area contributed by atoms with Crippen LogP contribution in [0.5, 0.6) is 0 Å². The third-order valence-electron chi connectivity index (χ3n) is 5.10. The van der Waals surface area contributed by atoms with E-state index in [1.165, 1.54) is 18.3 Å². The molecule has 1 heterocycles. The summed E-state index contributed by atoms with van der Waals surface area (Å²) in [6.07, 6.45) is 0.458. The Balaban J connectivity index is 0.00000124. The van der Waals surface area contributed by atoms with Crippen LogP contribution in [0.15, 0.2) is 58.4 Å². The van der Waals surface area contributed by atoms with Crippen LogP contribution < -0.4 is 16.4 Å². The quantitative estimate of drug-likeness (QED) is 0.175. The minimum atomic E-state index is -3.25. The number of primary amides is 1. The Labute approximate surface area is 229 Å². The van der Waals surface area contributed by atoms with Gasteiger partial charge in [0.05, 0.1) is 22.7 Å². The molecule has 39 heavy (non-hydrogen) atoms. The number of carboxylic acid groups (broad SMARTS) is 2. The average Bonchev–Trinajstić information content (AvgIpc) is 3.23. The number of aromatic nitrogens is 1. The summed E-state index contributed by atoms with van der Waals surface area (Å²) in [5.74, 6) is -0.140. The third kappa shape index (κ3) is 10.9. The summed E-state index contributed by atoms with van der Waals surface area (Å²) in [5, 5.41) is 21.8. The van der Waals surface area contributed by atoms with Crippen LogP contribution in [-0.4, -0.2) is 53.8 Å². The molecule has 0 bridgehead atoms. The van der Waals surface area contributed by atoms with Crippen molar-refractivity contribution >= 4 is 56.4 Å². The van der Waals surface area contributed by atoms with Gasteiger partial charge < -0.3 is 26.6 Å². The Bertz CT molecular complexity index is 1410. The number of nitrogens with two attached hydrogens (primary N) is 1. The van der Waals surface area contributed by atoms with Crippen molar-refractivity contribution in [2.75, 3.05) is 16.4 Å². The summed E-state index contributed by atoms with van der Waals surface area (Å²) in [4.78, 5) is 39.9. The fraction of sp³-hybridized carbons (Fsp3) is 0.240. The number of carbonyl (C=O) groups excluding carboxylic acids is 1. The summed E-state index contributed by atoms with van der Waals surface area (Å²) in [5.41, 5.74) is 7.65. The van der Waals surface area contributed by atoms with E-state index < -0.39 is 22.0 Å². The number of benzene rings is 2. The van der Waals surface area contributed by atoms with Crippen LogP contribution in [0.1, 0.15) is 35.5 Å². The van der Waals surface area contributed by atoms with Crippen molar-refractivity contribution in [3.63, 3.8) is 0 Å². The highest BCUT2D eigenvalue weighted by atomic mass is 32.2. The molecule has 0 radical (unpaired) electrons. The van der Waals surface area contributed by atoms with Gasteiger partial charge in [-0.1, -0.05) is 31.2 Å². The standard InChI is InChI=1S/C24H26N4O5S2.CH3NO2/c1-3-35(32,33)20-11-6-18(7-12-20)14-22-21(28-23(34-22)27-16(2)29)13-8-17-4-9-19(10-5-17)25-15-26-24(30)31;2-1(3)4/h4-7,9-12,15H,3,8,13-14H2,1-2H3,(H,25,26)(H,30,31)(H,27,28,29);2H2,(H,3,4). The molecule has 0 unspecified atom stereocenters. The van der Waals surface area contributed by atoms with E-state index in [1.54, 1.807) is 19.1 Å². The van der Waals surface area contributed by atoms with Crippen LogP contribution in [0.25, 0.3) is 0 Å². The van der Waals surface area contributed by atoms with Crippen molar-refractivity contribution in [3.8, 4) is 0 Å². The molecular formula is C25H29N5O7S2. The van der Waals surface area contributed by atoms with Gasteiger partial charge in [-0.2, -0.15) is 4.99 Å². The number of nitrogens with zero attached hydrogens (tertiary/aromatic N) is 2. The van der Waals surface area contributed by atoms with E-state index in [-0.39, 0.29) is 11.7 Å². The van der Waals surface area contributed by atoms with Crippen molar-refractivity contribution in [2.45, 2.75) is 38.0 Å². The van der Waals surface area contributed by atoms with Gasteiger partial charge >= 0.3 is 12.2 Å². The zero-order valence-corrected chi connectivity index (χ0v) is 22.9. The van der Waals surface area contributed by atoms with Crippen LogP contribution in [0.3, 0.4) is 0 Å². The number of sulfone groups is 1. The maximum absolute atomic E-state index is 12.1. The monoisotopic (exact) mass is 575 g/mol. The van der Waals surface area contributed by atoms with Gasteiger partial charge in [-0.15, -0.1) is 11.3 Å². The van der Waals surface area contributed by atoms with Crippen molar-refractivity contribution < 1.29 is 33.0 Å². The molecule has 0 saturated carbocycles. The molecule has 0 aliphatic heterocycles. The second kappa shape index (κ2) is 14.6. The van der Waals surface area contributed by atoms with Crippen molar-refractivity contribution in [1.82, 2.24) is 4.98 Å². The first-order chi connectivity index (χ1) is 18.4. The van der Waals surface area contributed by atoms with Crippen LogP contribution in [0.2, 0.25) is 0 Å². The highest BCUT2D eigenvalue weighted by Crippen LogP contribution is 2.27. The Morgan fingerprint density at radius 2 is 1.62 bits per heavy atom. The van der Waals surface area contributed by atoms with E-state index in [0.717, 1.165) is 33.7 Å². The van der Waals surface area contributed by atoms with Crippen molar-refractivity contribution in [3.05, 3.63) is 70.2 Å². The van der Waals surface area contributed by atoms with Gasteiger partial charge in [0.25, 0.3) is 0 Å². The highest BCUT2D eigenvalue weighted by molar-refractivity contribution is 7.91. The number of aryl methyl sites for hydroxylation is 2. The second-order valence-corrected chi connectivity index (χ2v) is 11.4. The number of aliphatic imine (C=N–C) groups is 1. The number of amides is 3. The Hall–Kier alpha value is -4.30. The molecule has 14 heteroatoms. The molecule has 208 valence electrons. The number of rotatable bonds is 10. The number of anilines is 2. The maximum atomic E-state index is 12.1. The molecule has 3 rings (SSSR count). The van der Waals surface area contributed by atoms with Crippen LogP contribution in [0.4, 0.5) is 20.4 Å². The lowest BCUT2D eigenvalue weighted by Crippen LogP contribution is -2.05. The molecule has 0 fully saturated rings. The number of carbonyl (C=O) groups is 3. The molecule has 0 aliphatic carbocycles. The normalized spacial score (nSPS) is 10.9. The fourth-order valence-corrected chi connectivity index (χ4v) is 5.25. The Morgan fingerprint density at radius 1 is 1.03 bits per heavy atom. The Kier molecular flexibility index (Phi) is 11.6. The van der Waals surface area contributed by atoms with E-state index in [0.29, 0.717) is 29.3 Å². The van der Waals surface area contributed by atoms with Crippen LogP contribution >= 0.6 is 11.3 Å². The number of nitrogens with one attached hydrogen (secondary N) is 2. The minimum absolute atomic E-state index is 0.0539. The molecular weight excluding hydrogens is 546 g/mol. The molecule has 12 nitrogen and oxygen atoms in total. The van der Waals surface area contributed by atoms with Gasteiger partial charge in [-0.25, -0.2) is 23.0 Å². The van der Waals surface area contributed by atoms with Crippen molar-refractivity contribution in [2.24, 2.45) is 10.7 Å². The van der Waals surface area contributed by atoms with E-state index in [1.807, 2.05) is 36.4 Å². The van der Waals surface area contributed by atoms with Gasteiger partial charge in [-0.05, 0) is 48.2 Å². The highest BCUT2D eigenvalue weighted by Gasteiger charge is 2.15. The molecule has 0 spiro atoms.